The average molecular weight is 243 g/mol. The van der Waals surface area contributed by atoms with Gasteiger partial charge in [-0.3, -0.25) is 0 Å². The summed E-state index contributed by atoms with van der Waals surface area (Å²) in [4.78, 5) is 4.25. The summed E-state index contributed by atoms with van der Waals surface area (Å²) < 4.78 is 6.07. The lowest BCUT2D eigenvalue weighted by molar-refractivity contribution is 0.292. The van der Waals surface area contributed by atoms with E-state index in [9.17, 15) is 0 Å². The molecule has 0 saturated heterocycles. The van der Waals surface area contributed by atoms with Crippen LogP contribution in [0.5, 0.6) is 0 Å². The van der Waals surface area contributed by atoms with Crippen LogP contribution in [0.1, 0.15) is 25.8 Å². The third kappa shape index (κ3) is 3.70. The van der Waals surface area contributed by atoms with E-state index in [4.69, 9.17) is 4.43 Å². The van der Waals surface area contributed by atoms with Gasteiger partial charge in [-0.2, -0.15) is 0 Å². The molecule has 0 N–H and O–H groups in total. The fourth-order valence-corrected chi connectivity index (χ4v) is 2.63. The summed E-state index contributed by atoms with van der Waals surface area (Å²) in [6.45, 7) is 12.2. The minimum atomic E-state index is -1.56. The molecule has 0 unspecified atom stereocenters. The zero-order chi connectivity index (χ0) is 11.5. The number of rotatable bonds is 4. The van der Waals surface area contributed by atoms with E-state index in [-0.39, 0.29) is 0 Å². The summed E-state index contributed by atoms with van der Waals surface area (Å²) in [7, 11) is -1.56. The lowest BCUT2D eigenvalue weighted by Gasteiger charge is -2.36. The number of nitrogens with zero attached hydrogens (tertiary/aromatic N) is 1. The topological polar surface area (TPSA) is 22.1 Å². The fraction of sp³-hybridized carbons (Fsp3) is 0.727. The van der Waals surface area contributed by atoms with Crippen molar-refractivity contribution in [1.82, 2.24) is 4.98 Å². The Labute approximate surface area is 97.8 Å². The first-order valence-electron chi connectivity index (χ1n) is 5.35. The third-order valence-electron chi connectivity index (χ3n) is 3.07. The van der Waals surface area contributed by atoms with E-state index in [0.717, 1.165) is 13.0 Å². The van der Waals surface area contributed by atoms with Gasteiger partial charge in [0.2, 0.25) is 0 Å². The first kappa shape index (κ1) is 12.9. The van der Waals surface area contributed by atoms with Gasteiger partial charge in [0.15, 0.2) is 8.32 Å². The second-order valence-corrected chi connectivity index (χ2v) is 11.1. The largest absolute Gasteiger partial charge is 0.416 e. The van der Waals surface area contributed by atoms with Gasteiger partial charge in [0, 0.05) is 24.6 Å². The summed E-state index contributed by atoms with van der Waals surface area (Å²) in [5.41, 5.74) is 0. The quantitative estimate of drug-likeness (QED) is 0.752. The van der Waals surface area contributed by atoms with Gasteiger partial charge in [0.1, 0.15) is 0 Å². The van der Waals surface area contributed by atoms with E-state index >= 15 is 0 Å². The second kappa shape index (κ2) is 4.76. The summed E-state index contributed by atoms with van der Waals surface area (Å²) in [6, 6.07) is 0. The average Bonchev–Trinajstić information content (AvgIpc) is 2.54. The van der Waals surface area contributed by atoms with Crippen LogP contribution in [0.4, 0.5) is 0 Å². The van der Waals surface area contributed by atoms with E-state index in [1.165, 1.54) is 5.01 Å². The Morgan fingerprint density at radius 3 is 2.53 bits per heavy atom. The molecule has 1 aromatic heterocycles. The smallest absolute Gasteiger partial charge is 0.191 e. The monoisotopic (exact) mass is 243 g/mol. The molecule has 2 nitrogen and oxygen atoms in total. The lowest BCUT2D eigenvalue weighted by Crippen LogP contribution is -2.41. The predicted octanol–water partition coefficient (Wildman–Crippen LogP) is 3.71. The Balaban J connectivity index is 2.37. The third-order valence-corrected chi connectivity index (χ3v) is 8.45. The van der Waals surface area contributed by atoms with E-state index in [2.05, 4.69) is 38.8 Å². The van der Waals surface area contributed by atoms with Gasteiger partial charge >= 0.3 is 0 Å². The van der Waals surface area contributed by atoms with Gasteiger partial charge in [-0.05, 0) is 18.1 Å². The van der Waals surface area contributed by atoms with E-state index in [1.54, 1.807) is 11.3 Å². The molecule has 0 aliphatic carbocycles. The summed E-state index contributed by atoms with van der Waals surface area (Å²) >= 11 is 1.71. The zero-order valence-corrected chi connectivity index (χ0v) is 12.1. The Bertz CT molecular complexity index is 290. The molecule has 1 heterocycles. The van der Waals surface area contributed by atoms with Gasteiger partial charge in [0.25, 0.3) is 0 Å². The SMILES string of the molecule is CC(C)(C)[Si](C)(C)OCCc1nccs1. The molecule has 15 heavy (non-hydrogen) atoms. The first-order chi connectivity index (χ1) is 6.83. The summed E-state index contributed by atoms with van der Waals surface area (Å²) in [5, 5.41) is 3.49. The summed E-state index contributed by atoms with van der Waals surface area (Å²) in [5.74, 6) is 0. The second-order valence-electron chi connectivity index (χ2n) is 5.28. The predicted molar refractivity (Wildman–Crippen MR) is 69.0 cm³/mol. The highest BCUT2D eigenvalue weighted by molar-refractivity contribution is 7.09. The molecule has 0 radical (unpaired) electrons. The Morgan fingerprint density at radius 1 is 1.40 bits per heavy atom. The van der Waals surface area contributed by atoms with Crippen molar-refractivity contribution in [2.75, 3.05) is 6.61 Å². The van der Waals surface area contributed by atoms with Gasteiger partial charge in [-0.1, -0.05) is 20.8 Å². The lowest BCUT2D eigenvalue weighted by atomic mass is 10.2. The van der Waals surface area contributed by atoms with Gasteiger partial charge in [0.05, 0.1) is 5.01 Å². The van der Waals surface area contributed by atoms with Crippen molar-refractivity contribution >= 4 is 19.7 Å². The minimum absolute atomic E-state index is 0.301. The highest BCUT2D eigenvalue weighted by Crippen LogP contribution is 2.36. The highest BCUT2D eigenvalue weighted by atomic mass is 32.1. The van der Waals surface area contributed by atoms with E-state index in [0.29, 0.717) is 5.04 Å². The van der Waals surface area contributed by atoms with Crippen molar-refractivity contribution in [3.63, 3.8) is 0 Å². The standard InChI is InChI=1S/C11H21NOSSi/c1-11(2,3)15(4,5)13-8-6-10-12-7-9-14-10/h7,9H,6,8H2,1-5H3. The number of aromatic nitrogens is 1. The van der Waals surface area contributed by atoms with Crippen molar-refractivity contribution in [2.24, 2.45) is 0 Å². The van der Waals surface area contributed by atoms with Crippen molar-refractivity contribution < 1.29 is 4.43 Å². The Hall–Kier alpha value is -0.193. The molecule has 86 valence electrons. The van der Waals surface area contributed by atoms with Crippen LogP contribution in [-0.2, 0) is 10.8 Å². The van der Waals surface area contributed by atoms with Crippen LogP contribution in [0.25, 0.3) is 0 Å². The van der Waals surface area contributed by atoms with Crippen LogP contribution < -0.4 is 0 Å². The molecule has 0 aliphatic rings. The van der Waals surface area contributed by atoms with Crippen molar-refractivity contribution in [3.05, 3.63) is 16.6 Å². The molecule has 0 fully saturated rings. The molecule has 1 rings (SSSR count). The Kier molecular flexibility index (Phi) is 4.09. The minimum Gasteiger partial charge on any atom is -0.416 e. The Morgan fingerprint density at radius 2 is 2.07 bits per heavy atom. The number of thiazole rings is 1. The van der Waals surface area contributed by atoms with Crippen LogP contribution in [0, 0.1) is 0 Å². The molecule has 4 heteroatoms. The highest BCUT2D eigenvalue weighted by Gasteiger charge is 2.36. The maximum Gasteiger partial charge on any atom is 0.191 e. The van der Waals surface area contributed by atoms with Gasteiger partial charge in [-0.25, -0.2) is 4.98 Å². The molecule has 0 saturated carbocycles. The van der Waals surface area contributed by atoms with Gasteiger partial charge < -0.3 is 4.43 Å². The van der Waals surface area contributed by atoms with Crippen molar-refractivity contribution in [3.8, 4) is 0 Å². The molecule has 0 bridgehead atoms. The van der Waals surface area contributed by atoms with Crippen molar-refractivity contribution in [2.45, 2.75) is 45.3 Å². The zero-order valence-electron chi connectivity index (χ0n) is 10.3. The molecule has 0 amide bonds. The van der Waals surface area contributed by atoms with E-state index in [1.807, 2.05) is 11.6 Å². The van der Waals surface area contributed by atoms with Crippen LogP contribution >= 0.6 is 11.3 Å². The molecular formula is C11H21NOSSi. The maximum atomic E-state index is 6.07. The van der Waals surface area contributed by atoms with Crippen LogP contribution in [0.3, 0.4) is 0 Å². The fourth-order valence-electron chi connectivity index (χ4n) is 0.986. The molecule has 0 aliphatic heterocycles. The normalized spacial score (nSPS) is 13.1. The summed E-state index contributed by atoms with van der Waals surface area (Å²) in [6.07, 6.45) is 2.80. The molecule has 0 spiro atoms. The first-order valence-corrected chi connectivity index (χ1v) is 9.14. The van der Waals surface area contributed by atoms with Crippen LogP contribution in [0.2, 0.25) is 18.1 Å². The maximum absolute atomic E-state index is 6.07. The molecular weight excluding hydrogens is 222 g/mol. The molecule has 0 atom stereocenters. The number of hydrogen-bond donors (Lipinski definition) is 0. The van der Waals surface area contributed by atoms with Crippen LogP contribution in [-0.4, -0.2) is 19.9 Å². The van der Waals surface area contributed by atoms with Gasteiger partial charge in [-0.15, -0.1) is 11.3 Å². The number of hydrogen-bond acceptors (Lipinski definition) is 3. The van der Waals surface area contributed by atoms with E-state index < -0.39 is 8.32 Å². The molecule has 1 aromatic rings. The van der Waals surface area contributed by atoms with Crippen LogP contribution in [0.15, 0.2) is 11.6 Å². The van der Waals surface area contributed by atoms with Crippen molar-refractivity contribution in [1.29, 1.82) is 0 Å². The molecule has 0 aromatic carbocycles.